The van der Waals surface area contributed by atoms with Gasteiger partial charge in [0.25, 0.3) is 0 Å². The Balaban J connectivity index is 2.21. The summed E-state index contributed by atoms with van der Waals surface area (Å²) in [6.07, 6.45) is 1.68. The van der Waals surface area contributed by atoms with E-state index < -0.39 is 0 Å². The molecule has 0 spiro atoms. The van der Waals surface area contributed by atoms with Crippen molar-refractivity contribution in [1.29, 1.82) is 0 Å². The number of benzene rings is 1. The number of nitrogens with one attached hydrogen (secondary N) is 1. The van der Waals surface area contributed by atoms with Crippen molar-refractivity contribution < 1.29 is 9.15 Å². The van der Waals surface area contributed by atoms with Crippen LogP contribution in [-0.4, -0.2) is 6.61 Å². The minimum absolute atomic E-state index is 0.589. The van der Waals surface area contributed by atoms with Crippen molar-refractivity contribution in [3.63, 3.8) is 0 Å². The van der Waals surface area contributed by atoms with Gasteiger partial charge < -0.3 is 14.5 Å². The quantitative estimate of drug-likeness (QED) is 0.827. The number of furan rings is 1. The standard InChI is InChI=1S/C14H15BrClNO2/c1-3-18-14-11(15)6-10(16)7-12(14)17-8-13-9(2)4-5-19-13/h4-7,17H,3,8H2,1-2H3. The molecule has 0 bridgehead atoms. The molecule has 2 aromatic rings. The third-order valence-corrected chi connectivity index (χ3v) is 3.51. The van der Waals surface area contributed by atoms with Crippen LogP contribution in [0.25, 0.3) is 0 Å². The van der Waals surface area contributed by atoms with Gasteiger partial charge in [-0.05, 0) is 53.5 Å². The second-order valence-electron chi connectivity index (χ2n) is 4.08. The zero-order chi connectivity index (χ0) is 13.8. The predicted octanol–water partition coefficient (Wildman–Crippen LogP) is 5.01. The van der Waals surface area contributed by atoms with Crippen molar-refractivity contribution in [3.8, 4) is 5.75 Å². The monoisotopic (exact) mass is 343 g/mol. The second kappa shape index (κ2) is 6.35. The lowest BCUT2D eigenvalue weighted by atomic mass is 10.2. The molecule has 0 aliphatic heterocycles. The molecule has 1 N–H and O–H groups in total. The van der Waals surface area contributed by atoms with Crippen molar-refractivity contribution in [2.45, 2.75) is 20.4 Å². The van der Waals surface area contributed by atoms with Crippen LogP contribution < -0.4 is 10.1 Å². The van der Waals surface area contributed by atoms with Crippen LogP contribution >= 0.6 is 27.5 Å². The van der Waals surface area contributed by atoms with E-state index in [0.717, 1.165) is 27.2 Å². The lowest BCUT2D eigenvalue weighted by molar-refractivity contribution is 0.339. The zero-order valence-electron chi connectivity index (χ0n) is 10.8. The Labute approximate surface area is 126 Å². The first-order chi connectivity index (χ1) is 9.11. The highest BCUT2D eigenvalue weighted by atomic mass is 79.9. The van der Waals surface area contributed by atoms with Gasteiger partial charge >= 0.3 is 0 Å². The molecule has 0 saturated heterocycles. The van der Waals surface area contributed by atoms with Crippen molar-refractivity contribution >= 4 is 33.2 Å². The summed E-state index contributed by atoms with van der Waals surface area (Å²) in [5, 5.41) is 3.94. The van der Waals surface area contributed by atoms with Crippen LogP contribution in [0.2, 0.25) is 5.02 Å². The molecule has 102 valence electrons. The largest absolute Gasteiger partial charge is 0.491 e. The first-order valence-electron chi connectivity index (χ1n) is 6.00. The Morgan fingerprint density at radius 2 is 2.21 bits per heavy atom. The van der Waals surface area contributed by atoms with Crippen LogP contribution in [0.5, 0.6) is 5.75 Å². The lowest BCUT2D eigenvalue weighted by Crippen LogP contribution is -2.03. The third kappa shape index (κ3) is 3.45. The molecule has 3 nitrogen and oxygen atoms in total. The maximum atomic E-state index is 6.07. The fraction of sp³-hybridized carbons (Fsp3) is 0.286. The first-order valence-corrected chi connectivity index (χ1v) is 7.17. The molecule has 0 fully saturated rings. The van der Waals surface area contributed by atoms with Crippen LogP contribution in [0.1, 0.15) is 18.2 Å². The molecule has 2 rings (SSSR count). The molecule has 0 amide bonds. The molecule has 0 aliphatic rings. The summed E-state index contributed by atoms with van der Waals surface area (Å²) in [6, 6.07) is 5.60. The van der Waals surface area contributed by atoms with Gasteiger partial charge in [-0.25, -0.2) is 0 Å². The molecule has 5 heteroatoms. The highest BCUT2D eigenvalue weighted by Crippen LogP contribution is 2.36. The fourth-order valence-electron chi connectivity index (χ4n) is 1.74. The van der Waals surface area contributed by atoms with E-state index in [2.05, 4.69) is 21.2 Å². The van der Waals surface area contributed by atoms with E-state index in [9.17, 15) is 0 Å². The minimum Gasteiger partial charge on any atom is -0.491 e. The fourth-order valence-corrected chi connectivity index (χ4v) is 2.67. The molecule has 0 saturated carbocycles. The van der Waals surface area contributed by atoms with Crippen LogP contribution in [0, 0.1) is 6.92 Å². The maximum Gasteiger partial charge on any atom is 0.156 e. The van der Waals surface area contributed by atoms with Crippen LogP contribution in [0.3, 0.4) is 0 Å². The highest BCUT2D eigenvalue weighted by Gasteiger charge is 2.11. The second-order valence-corrected chi connectivity index (χ2v) is 5.37. The van der Waals surface area contributed by atoms with E-state index in [0.29, 0.717) is 18.2 Å². The Morgan fingerprint density at radius 3 is 2.84 bits per heavy atom. The van der Waals surface area contributed by atoms with E-state index >= 15 is 0 Å². The van der Waals surface area contributed by atoms with Gasteiger partial charge in [-0.15, -0.1) is 0 Å². The van der Waals surface area contributed by atoms with Crippen LogP contribution in [0.4, 0.5) is 5.69 Å². The van der Waals surface area contributed by atoms with E-state index in [1.807, 2.05) is 32.0 Å². The number of ether oxygens (including phenoxy) is 1. The van der Waals surface area contributed by atoms with Gasteiger partial charge in [0, 0.05) is 5.02 Å². The van der Waals surface area contributed by atoms with Crippen molar-refractivity contribution in [1.82, 2.24) is 0 Å². The Bertz CT molecular complexity index is 569. The van der Waals surface area contributed by atoms with Crippen LogP contribution in [-0.2, 0) is 6.54 Å². The lowest BCUT2D eigenvalue weighted by Gasteiger charge is -2.14. The van der Waals surface area contributed by atoms with Gasteiger partial charge in [-0.1, -0.05) is 11.6 Å². The smallest absolute Gasteiger partial charge is 0.156 e. The third-order valence-electron chi connectivity index (χ3n) is 2.70. The zero-order valence-corrected chi connectivity index (χ0v) is 13.1. The van der Waals surface area contributed by atoms with Gasteiger partial charge in [0.05, 0.1) is 29.6 Å². The van der Waals surface area contributed by atoms with Crippen molar-refractivity contribution in [2.24, 2.45) is 0 Å². The Morgan fingerprint density at radius 1 is 1.42 bits per heavy atom. The first kappa shape index (κ1) is 14.3. The van der Waals surface area contributed by atoms with Crippen LogP contribution in [0.15, 0.2) is 33.4 Å². The molecule has 1 aromatic heterocycles. The number of rotatable bonds is 5. The minimum atomic E-state index is 0.589. The Hall–Kier alpha value is -1.13. The molecule has 0 unspecified atom stereocenters. The summed E-state index contributed by atoms with van der Waals surface area (Å²) in [7, 11) is 0. The van der Waals surface area contributed by atoms with E-state index in [4.69, 9.17) is 20.8 Å². The summed E-state index contributed by atoms with van der Waals surface area (Å²) >= 11 is 9.52. The average Bonchev–Trinajstić information content (AvgIpc) is 2.76. The van der Waals surface area contributed by atoms with E-state index in [1.165, 1.54) is 0 Å². The molecule has 1 aromatic carbocycles. The molecule has 0 aliphatic carbocycles. The summed E-state index contributed by atoms with van der Waals surface area (Å²) in [4.78, 5) is 0. The summed E-state index contributed by atoms with van der Waals surface area (Å²) in [5.41, 5.74) is 1.96. The SMILES string of the molecule is CCOc1c(Br)cc(Cl)cc1NCc1occc1C. The van der Waals surface area contributed by atoms with Gasteiger partial charge in [-0.2, -0.15) is 0 Å². The normalized spacial score (nSPS) is 10.5. The Kier molecular flexibility index (Phi) is 4.77. The van der Waals surface area contributed by atoms with E-state index in [1.54, 1.807) is 6.26 Å². The van der Waals surface area contributed by atoms with Gasteiger partial charge in [0.1, 0.15) is 5.76 Å². The molecule has 0 radical (unpaired) electrons. The maximum absolute atomic E-state index is 6.07. The summed E-state index contributed by atoms with van der Waals surface area (Å²) in [5.74, 6) is 1.66. The van der Waals surface area contributed by atoms with Gasteiger partial charge in [0.15, 0.2) is 5.75 Å². The van der Waals surface area contributed by atoms with Gasteiger partial charge in [0.2, 0.25) is 0 Å². The number of anilines is 1. The highest BCUT2D eigenvalue weighted by molar-refractivity contribution is 9.10. The molecular weight excluding hydrogens is 330 g/mol. The topological polar surface area (TPSA) is 34.4 Å². The molecule has 19 heavy (non-hydrogen) atoms. The van der Waals surface area contributed by atoms with E-state index in [-0.39, 0.29) is 0 Å². The molecule has 0 atom stereocenters. The van der Waals surface area contributed by atoms with Crippen molar-refractivity contribution in [2.75, 3.05) is 11.9 Å². The molecular formula is C14H15BrClNO2. The average molecular weight is 345 g/mol. The number of hydrogen-bond acceptors (Lipinski definition) is 3. The number of aryl methyl sites for hydroxylation is 1. The van der Waals surface area contributed by atoms with Gasteiger partial charge in [-0.3, -0.25) is 0 Å². The number of halogens is 2. The predicted molar refractivity (Wildman–Crippen MR) is 81.1 cm³/mol. The molecule has 1 heterocycles. The summed E-state index contributed by atoms with van der Waals surface area (Å²) in [6.45, 7) is 5.14. The summed E-state index contributed by atoms with van der Waals surface area (Å²) < 4.78 is 11.9. The van der Waals surface area contributed by atoms with Crippen molar-refractivity contribution in [3.05, 3.63) is 45.3 Å². The number of hydrogen-bond donors (Lipinski definition) is 1.